The lowest BCUT2D eigenvalue weighted by Crippen LogP contribution is -2.30. The molecule has 1 aliphatic rings. The third-order valence-corrected chi connectivity index (χ3v) is 5.96. The number of sulfonamides is 1. The van der Waals surface area contributed by atoms with E-state index in [1.54, 1.807) is 31.6 Å². The number of halogens is 1. The van der Waals surface area contributed by atoms with Crippen LogP contribution in [-0.2, 0) is 23.5 Å². The molecular formula is C14H16FN3O2S. The molecule has 2 aromatic rings. The van der Waals surface area contributed by atoms with Crippen molar-refractivity contribution in [3.63, 3.8) is 0 Å². The minimum atomic E-state index is -3.73. The molecule has 7 heteroatoms. The first kappa shape index (κ1) is 14.1. The van der Waals surface area contributed by atoms with Crippen molar-refractivity contribution in [2.75, 3.05) is 10.8 Å². The standard InChI is InChI=1S/C14H16FN3O2S/c1-9-14(10(2)17(3)16-9)21(19,20)18-7-6-11-4-5-12(15)8-13(11)18/h4-5,8H,6-7H2,1-3H3. The summed E-state index contributed by atoms with van der Waals surface area (Å²) in [5.74, 6) is -0.435. The molecule has 21 heavy (non-hydrogen) atoms. The Balaban J connectivity index is 2.16. The van der Waals surface area contributed by atoms with Crippen LogP contribution in [-0.4, -0.2) is 24.7 Å². The van der Waals surface area contributed by atoms with Gasteiger partial charge in [0.15, 0.2) is 0 Å². The Morgan fingerprint density at radius 2 is 2.00 bits per heavy atom. The monoisotopic (exact) mass is 309 g/mol. The zero-order valence-electron chi connectivity index (χ0n) is 12.1. The van der Waals surface area contributed by atoms with Crippen LogP contribution >= 0.6 is 0 Å². The first-order valence-corrected chi connectivity index (χ1v) is 8.07. The molecule has 1 aliphatic heterocycles. The van der Waals surface area contributed by atoms with E-state index in [-0.39, 0.29) is 4.90 Å². The van der Waals surface area contributed by atoms with Crippen LogP contribution in [0.4, 0.5) is 10.1 Å². The summed E-state index contributed by atoms with van der Waals surface area (Å²) in [6.07, 6.45) is 0.590. The fraction of sp³-hybridized carbons (Fsp3) is 0.357. The number of aryl methyl sites for hydroxylation is 2. The van der Waals surface area contributed by atoms with Gasteiger partial charge in [-0.2, -0.15) is 5.10 Å². The van der Waals surface area contributed by atoms with Crippen LogP contribution in [0.2, 0.25) is 0 Å². The molecule has 0 bridgehead atoms. The topological polar surface area (TPSA) is 55.2 Å². The molecule has 0 saturated carbocycles. The van der Waals surface area contributed by atoms with Crippen LogP contribution in [0.1, 0.15) is 17.0 Å². The minimum absolute atomic E-state index is 0.210. The molecule has 5 nitrogen and oxygen atoms in total. The fourth-order valence-corrected chi connectivity index (χ4v) is 4.71. The van der Waals surface area contributed by atoms with Crippen molar-refractivity contribution in [2.24, 2.45) is 7.05 Å². The van der Waals surface area contributed by atoms with E-state index in [4.69, 9.17) is 0 Å². The van der Waals surface area contributed by atoms with Crippen molar-refractivity contribution >= 4 is 15.7 Å². The smallest absolute Gasteiger partial charge is 0.268 e. The maximum Gasteiger partial charge on any atom is 0.268 e. The largest absolute Gasteiger partial charge is 0.271 e. The molecule has 0 N–H and O–H groups in total. The molecule has 1 aromatic carbocycles. The molecule has 0 fully saturated rings. The number of benzene rings is 1. The number of hydrogen-bond donors (Lipinski definition) is 0. The predicted molar refractivity (Wildman–Crippen MR) is 77.3 cm³/mol. The number of anilines is 1. The lowest BCUT2D eigenvalue weighted by molar-refractivity contribution is 0.590. The van der Waals surface area contributed by atoms with E-state index in [0.29, 0.717) is 30.0 Å². The van der Waals surface area contributed by atoms with Crippen LogP contribution in [0.15, 0.2) is 23.1 Å². The van der Waals surface area contributed by atoms with Gasteiger partial charge in [0.2, 0.25) is 0 Å². The van der Waals surface area contributed by atoms with Crippen LogP contribution in [0, 0.1) is 19.7 Å². The van der Waals surface area contributed by atoms with E-state index < -0.39 is 15.8 Å². The molecule has 0 radical (unpaired) electrons. The summed E-state index contributed by atoms with van der Waals surface area (Å²) < 4.78 is 42.1. The van der Waals surface area contributed by atoms with E-state index >= 15 is 0 Å². The number of rotatable bonds is 2. The molecular weight excluding hydrogens is 293 g/mol. The van der Waals surface area contributed by atoms with Crippen LogP contribution in [0.3, 0.4) is 0 Å². The summed E-state index contributed by atoms with van der Waals surface area (Å²) in [6.45, 7) is 3.72. The van der Waals surface area contributed by atoms with Gasteiger partial charge in [-0.3, -0.25) is 8.99 Å². The van der Waals surface area contributed by atoms with E-state index in [1.165, 1.54) is 16.4 Å². The van der Waals surface area contributed by atoms with Gasteiger partial charge < -0.3 is 0 Å². The average molecular weight is 309 g/mol. The zero-order chi connectivity index (χ0) is 15.4. The van der Waals surface area contributed by atoms with E-state index in [2.05, 4.69) is 5.10 Å². The average Bonchev–Trinajstić information content (AvgIpc) is 2.91. The second-order valence-electron chi connectivity index (χ2n) is 5.22. The Morgan fingerprint density at radius 3 is 2.62 bits per heavy atom. The summed E-state index contributed by atoms with van der Waals surface area (Å²) in [5, 5.41) is 4.16. The molecule has 0 atom stereocenters. The van der Waals surface area contributed by atoms with Gasteiger partial charge in [-0.15, -0.1) is 0 Å². The van der Waals surface area contributed by atoms with Crippen molar-refractivity contribution in [1.82, 2.24) is 9.78 Å². The van der Waals surface area contributed by atoms with Crippen LogP contribution < -0.4 is 4.31 Å². The summed E-state index contributed by atoms with van der Waals surface area (Å²) >= 11 is 0. The Bertz CT molecular complexity index is 827. The number of hydrogen-bond acceptors (Lipinski definition) is 3. The highest BCUT2D eigenvalue weighted by molar-refractivity contribution is 7.93. The molecule has 0 unspecified atom stereocenters. The molecule has 0 aliphatic carbocycles. The van der Waals surface area contributed by atoms with Crippen molar-refractivity contribution in [2.45, 2.75) is 25.2 Å². The summed E-state index contributed by atoms with van der Waals surface area (Å²) in [4.78, 5) is 0.210. The van der Waals surface area contributed by atoms with Gasteiger partial charge in [-0.25, -0.2) is 12.8 Å². The molecule has 2 heterocycles. The van der Waals surface area contributed by atoms with E-state index in [1.807, 2.05) is 0 Å². The number of aromatic nitrogens is 2. The Labute approximate surface area is 123 Å². The number of nitrogens with zero attached hydrogens (tertiary/aromatic N) is 3. The van der Waals surface area contributed by atoms with Crippen LogP contribution in [0.25, 0.3) is 0 Å². The van der Waals surface area contributed by atoms with Crippen LogP contribution in [0.5, 0.6) is 0 Å². The highest BCUT2D eigenvalue weighted by Crippen LogP contribution is 2.35. The van der Waals surface area contributed by atoms with Gasteiger partial charge in [0.25, 0.3) is 10.0 Å². The first-order chi connectivity index (χ1) is 9.82. The quantitative estimate of drug-likeness (QED) is 0.852. The van der Waals surface area contributed by atoms with Crippen molar-refractivity contribution < 1.29 is 12.8 Å². The maximum atomic E-state index is 13.5. The summed E-state index contributed by atoms with van der Waals surface area (Å²) in [7, 11) is -2.02. The second kappa shape index (κ2) is 4.56. The Morgan fingerprint density at radius 1 is 1.29 bits per heavy atom. The fourth-order valence-electron chi connectivity index (χ4n) is 2.81. The zero-order valence-corrected chi connectivity index (χ0v) is 12.9. The van der Waals surface area contributed by atoms with Gasteiger partial charge in [0.1, 0.15) is 10.7 Å². The number of fused-ring (bicyclic) bond motifs is 1. The van der Waals surface area contributed by atoms with Crippen molar-refractivity contribution in [3.05, 3.63) is 41.0 Å². The molecule has 0 saturated heterocycles. The SMILES string of the molecule is Cc1nn(C)c(C)c1S(=O)(=O)N1CCc2ccc(F)cc21. The second-order valence-corrected chi connectivity index (χ2v) is 7.02. The lowest BCUT2D eigenvalue weighted by Gasteiger charge is -2.19. The Kier molecular flexibility index (Phi) is 3.05. The molecule has 0 amide bonds. The van der Waals surface area contributed by atoms with Crippen molar-refractivity contribution in [3.8, 4) is 0 Å². The summed E-state index contributed by atoms with van der Waals surface area (Å²) in [6, 6.07) is 4.28. The van der Waals surface area contributed by atoms with Gasteiger partial charge >= 0.3 is 0 Å². The summed E-state index contributed by atoms with van der Waals surface area (Å²) in [5.41, 5.74) is 2.31. The first-order valence-electron chi connectivity index (χ1n) is 6.63. The third kappa shape index (κ3) is 2.03. The Hall–Kier alpha value is -1.89. The van der Waals surface area contributed by atoms with Gasteiger partial charge in [-0.05, 0) is 38.0 Å². The molecule has 112 valence electrons. The van der Waals surface area contributed by atoms with Gasteiger partial charge in [0.05, 0.1) is 17.1 Å². The van der Waals surface area contributed by atoms with Gasteiger partial charge in [0, 0.05) is 13.6 Å². The van der Waals surface area contributed by atoms with Gasteiger partial charge in [-0.1, -0.05) is 6.07 Å². The third-order valence-electron chi connectivity index (χ3n) is 3.89. The van der Waals surface area contributed by atoms with E-state index in [9.17, 15) is 12.8 Å². The predicted octanol–water partition coefficient (Wildman–Crippen LogP) is 1.93. The lowest BCUT2D eigenvalue weighted by atomic mass is 10.2. The highest BCUT2D eigenvalue weighted by Gasteiger charge is 2.34. The molecule has 0 spiro atoms. The molecule has 3 rings (SSSR count). The maximum absolute atomic E-state index is 13.5. The van der Waals surface area contributed by atoms with Crippen molar-refractivity contribution in [1.29, 1.82) is 0 Å². The van der Waals surface area contributed by atoms with E-state index in [0.717, 1.165) is 5.56 Å². The highest BCUT2D eigenvalue weighted by atomic mass is 32.2. The molecule has 1 aromatic heterocycles. The normalized spacial score (nSPS) is 14.6. The minimum Gasteiger partial charge on any atom is -0.271 e.